The molecule has 1 aromatic carbocycles. The van der Waals surface area contributed by atoms with Crippen LogP contribution in [0.3, 0.4) is 0 Å². The van der Waals surface area contributed by atoms with Gasteiger partial charge in [-0.3, -0.25) is 5.10 Å². The maximum atomic E-state index is 6.14. The summed E-state index contributed by atoms with van der Waals surface area (Å²) in [7, 11) is 0. The number of ether oxygens (including phenoxy) is 1. The first kappa shape index (κ1) is 18.3. The maximum Gasteiger partial charge on any atom is 0.131 e. The van der Waals surface area contributed by atoms with Crippen LogP contribution in [-0.4, -0.2) is 34.9 Å². The molecule has 6 nitrogen and oxygen atoms in total. The molecule has 5 rings (SSSR count). The lowest BCUT2D eigenvalue weighted by atomic mass is 9.84. The molecule has 2 fully saturated rings. The first-order valence-corrected chi connectivity index (χ1v) is 10.5. The van der Waals surface area contributed by atoms with Gasteiger partial charge in [-0.2, -0.15) is 5.10 Å². The van der Waals surface area contributed by atoms with Gasteiger partial charge in [-0.25, -0.2) is 4.98 Å². The van der Waals surface area contributed by atoms with Crippen LogP contribution in [0.25, 0.3) is 22.3 Å². The summed E-state index contributed by atoms with van der Waals surface area (Å²) in [6.45, 7) is 2.82. The number of nitrogens with zero attached hydrogens (tertiary/aromatic N) is 2. The average Bonchev–Trinajstić information content (AvgIpc) is 3.49. The molecule has 0 bridgehead atoms. The third-order valence-corrected chi connectivity index (χ3v) is 6.24. The summed E-state index contributed by atoms with van der Waals surface area (Å²) >= 11 is 0. The average molecular weight is 390 g/mol. The zero-order valence-corrected chi connectivity index (χ0v) is 16.5. The van der Waals surface area contributed by atoms with Gasteiger partial charge < -0.3 is 15.8 Å². The van der Waals surface area contributed by atoms with Crippen LogP contribution in [0.4, 0.5) is 5.82 Å². The van der Waals surface area contributed by atoms with Crippen LogP contribution in [0.15, 0.2) is 42.9 Å². The number of anilines is 1. The van der Waals surface area contributed by atoms with E-state index in [1.165, 1.54) is 29.5 Å². The fourth-order valence-electron chi connectivity index (χ4n) is 4.65. The molecule has 2 aliphatic heterocycles. The molecule has 0 radical (unpaired) electrons. The fourth-order valence-corrected chi connectivity index (χ4v) is 4.65. The minimum Gasteiger partial charge on any atom is -0.383 e. The number of rotatable bonds is 4. The first-order chi connectivity index (χ1) is 14.3. The summed E-state index contributed by atoms with van der Waals surface area (Å²) in [4.78, 5) is 4.45. The molecule has 3 aromatic rings. The summed E-state index contributed by atoms with van der Waals surface area (Å²) in [5.41, 5.74) is 13.2. The third-order valence-electron chi connectivity index (χ3n) is 6.24. The minimum atomic E-state index is 0.433. The number of nitrogen functional groups attached to an aromatic ring is 1. The van der Waals surface area contributed by atoms with Crippen molar-refractivity contribution in [3.05, 3.63) is 54.0 Å². The van der Waals surface area contributed by atoms with Crippen molar-refractivity contribution in [1.82, 2.24) is 20.5 Å². The number of H-pyrrole nitrogens is 1. The van der Waals surface area contributed by atoms with Crippen LogP contribution in [0.5, 0.6) is 0 Å². The van der Waals surface area contributed by atoms with Crippen molar-refractivity contribution in [3.63, 3.8) is 0 Å². The Morgan fingerprint density at radius 2 is 1.86 bits per heavy atom. The van der Waals surface area contributed by atoms with Crippen LogP contribution in [-0.2, 0) is 4.74 Å². The zero-order chi connectivity index (χ0) is 19.6. The van der Waals surface area contributed by atoms with Crippen molar-refractivity contribution in [3.8, 4) is 22.3 Å². The third kappa shape index (κ3) is 3.66. The Kier molecular flexibility index (Phi) is 5.04. The van der Waals surface area contributed by atoms with Gasteiger partial charge in [0.15, 0.2) is 0 Å². The highest BCUT2D eigenvalue weighted by Gasteiger charge is 2.25. The highest BCUT2D eigenvalue weighted by molar-refractivity contribution is 5.78. The van der Waals surface area contributed by atoms with Gasteiger partial charge in [-0.15, -0.1) is 0 Å². The van der Waals surface area contributed by atoms with Gasteiger partial charge in [0.25, 0.3) is 0 Å². The normalized spacial score (nSPS) is 20.2. The number of nitrogens with two attached hydrogens (primary N) is 1. The topological polar surface area (TPSA) is 88.8 Å². The smallest absolute Gasteiger partial charge is 0.131 e. The van der Waals surface area contributed by atoms with Gasteiger partial charge in [0.05, 0.1) is 6.20 Å². The molecule has 150 valence electrons. The Hall–Kier alpha value is -2.70. The SMILES string of the molecule is Nc1ncc(-c2ccc(C3CCOCC3)c([C@@H]3CCCN3)c2)cc1-c1cn[nH]c1. The Morgan fingerprint density at radius 1 is 0.966 bits per heavy atom. The number of aromatic nitrogens is 3. The maximum absolute atomic E-state index is 6.14. The van der Waals surface area contributed by atoms with E-state index >= 15 is 0 Å². The lowest BCUT2D eigenvalue weighted by Crippen LogP contribution is -2.19. The van der Waals surface area contributed by atoms with Gasteiger partial charge in [-0.05, 0) is 67.0 Å². The Labute approximate surface area is 170 Å². The minimum absolute atomic E-state index is 0.433. The first-order valence-electron chi connectivity index (χ1n) is 10.5. The van der Waals surface area contributed by atoms with Crippen molar-refractivity contribution in [1.29, 1.82) is 0 Å². The number of pyridine rings is 1. The Bertz CT molecular complexity index is 973. The lowest BCUT2D eigenvalue weighted by Gasteiger charge is -2.27. The van der Waals surface area contributed by atoms with Crippen LogP contribution >= 0.6 is 0 Å². The van der Waals surface area contributed by atoms with E-state index in [9.17, 15) is 0 Å². The molecule has 2 aromatic heterocycles. The largest absolute Gasteiger partial charge is 0.383 e. The fraction of sp³-hybridized carbons (Fsp3) is 0.391. The second-order valence-electron chi connectivity index (χ2n) is 8.02. The molecular weight excluding hydrogens is 362 g/mol. The number of hydrogen-bond donors (Lipinski definition) is 3. The molecule has 0 unspecified atom stereocenters. The zero-order valence-electron chi connectivity index (χ0n) is 16.5. The quantitative estimate of drug-likeness (QED) is 0.627. The van der Waals surface area contributed by atoms with Crippen molar-refractivity contribution in [2.75, 3.05) is 25.5 Å². The molecule has 0 saturated carbocycles. The molecule has 2 aliphatic rings. The second kappa shape index (κ2) is 7.97. The van der Waals surface area contributed by atoms with Crippen molar-refractivity contribution in [2.45, 2.75) is 37.6 Å². The predicted molar refractivity (Wildman–Crippen MR) is 114 cm³/mol. The van der Waals surface area contributed by atoms with Crippen LogP contribution < -0.4 is 11.1 Å². The summed E-state index contributed by atoms with van der Waals surface area (Å²) in [5.74, 6) is 1.10. The van der Waals surface area contributed by atoms with E-state index in [0.29, 0.717) is 17.8 Å². The van der Waals surface area contributed by atoms with Crippen LogP contribution in [0, 0.1) is 0 Å². The molecule has 6 heteroatoms. The number of benzene rings is 1. The van der Waals surface area contributed by atoms with E-state index in [1.54, 1.807) is 6.20 Å². The van der Waals surface area contributed by atoms with Gasteiger partial charge in [0.2, 0.25) is 0 Å². The highest BCUT2D eigenvalue weighted by Crippen LogP contribution is 2.38. The van der Waals surface area contributed by atoms with Gasteiger partial charge in [0, 0.05) is 48.3 Å². The lowest BCUT2D eigenvalue weighted by molar-refractivity contribution is 0.0851. The van der Waals surface area contributed by atoms with Gasteiger partial charge in [0.1, 0.15) is 5.82 Å². The van der Waals surface area contributed by atoms with Crippen LogP contribution in [0.2, 0.25) is 0 Å². The Balaban J connectivity index is 1.55. The predicted octanol–water partition coefficient (Wildman–Crippen LogP) is 4.04. The molecule has 2 saturated heterocycles. The number of aromatic amines is 1. The van der Waals surface area contributed by atoms with E-state index in [1.807, 2.05) is 12.4 Å². The summed E-state index contributed by atoms with van der Waals surface area (Å²) in [5, 5.41) is 10.6. The standard InChI is InChI=1S/C23H27N5O/c24-23-20(18-13-27-28-14-18)11-17(12-26-23)16-3-4-19(15-5-8-29-9-6-15)21(10-16)22-2-1-7-25-22/h3-4,10-15,22,25H,1-2,5-9H2,(H2,24,26)(H,27,28)/t22-/m0/s1. The monoisotopic (exact) mass is 389 g/mol. The molecule has 4 heterocycles. The molecule has 29 heavy (non-hydrogen) atoms. The van der Waals surface area contributed by atoms with Crippen molar-refractivity contribution in [2.24, 2.45) is 0 Å². The summed E-state index contributed by atoms with van der Waals surface area (Å²) in [6.07, 6.45) is 10.1. The second-order valence-corrected chi connectivity index (χ2v) is 8.02. The van der Waals surface area contributed by atoms with Crippen molar-refractivity contribution < 1.29 is 4.74 Å². The van der Waals surface area contributed by atoms with E-state index < -0.39 is 0 Å². The molecular formula is C23H27N5O. The van der Waals surface area contributed by atoms with E-state index in [-0.39, 0.29) is 0 Å². The summed E-state index contributed by atoms with van der Waals surface area (Å²) < 4.78 is 5.60. The van der Waals surface area contributed by atoms with E-state index in [0.717, 1.165) is 49.3 Å². The summed E-state index contributed by atoms with van der Waals surface area (Å²) in [6, 6.07) is 9.47. The van der Waals surface area contributed by atoms with Crippen LogP contribution in [0.1, 0.15) is 48.8 Å². The van der Waals surface area contributed by atoms with Crippen molar-refractivity contribution >= 4 is 5.82 Å². The molecule has 4 N–H and O–H groups in total. The molecule has 1 atom stereocenters. The van der Waals surface area contributed by atoms with E-state index in [2.05, 4.69) is 44.8 Å². The Morgan fingerprint density at radius 3 is 2.62 bits per heavy atom. The number of hydrogen-bond acceptors (Lipinski definition) is 5. The van der Waals surface area contributed by atoms with Gasteiger partial charge >= 0.3 is 0 Å². The highest BCUT2D eigenvalue weighted by atomic mass is 16.5. The van der Waals surface area contributed by atoms with Gasteiger partial charge in [-0.1, -0.05) is 12.1 Å². The molecule has 0 spiro atoms. The number of nitrogens with one attached hydrogen (secondary N) is 2. The molecule has 0 aliphatic carbocycles. The van der Waals surface area contributed by atoms with E-state index in [4.69, 9.17) is 10.5 Å². The molecule has 0 amide bonds.